The van der Waals surface area contributed by atoms with Crippen LogP contribution >= 0.6 is 0 Å². The first-order chi connectivity index (χ1) is 4.27. The molecular weight excluding hydrogens is 122 g/mol. The molecular formula is C5H9NO3. The minimum atomic E-state index is -1.18. The zero-order valence-corrected chi connectivity index (χ0v) is 5.13. The van der Waals surface area contributed by atoms with E-state index < -0.39 is 6.09 Å². The van der Waals surface area contributed by atoms with E-state index in [1.165, 1.54) is 0 Å². The van der Waals surface area contributed by atoms with Crippen LogP contribution in [0, 0.1) is 0 Å². The Bertz CT molecular complexity index is 111. The lowest BCUT2D eigenvalue weighted by Gasteiger charge is -1.95. The summed E-state index contributed by atoms with van der Waals surface area (Å²) in [5.41, 5.74) is 1.75. The fraction of sp³-hybridized carbons (Fsp3) is 0.400. The summed E-state index contributed by atoms with van der Waals surface area (Å²) < 4.78 is 0. The van der Waals surface area contributed by atoms with Crippen LogP contribution in [0.25, 0.3) is 0 Å². The normalized spacial score (nSPS) is 9.89. The van der Waals surface area contributed by atoms with E-state index >= 15 is 0 Å². The highest BCUT2D eigenvalue weighted by molar-refractivity contribution is 5.62. The zero-order valence-electron chi connectivity index (χ0n) is 5.13. The van der Waals surface area contributed by atoms with E-state index in [-0.39, 0.29) is 6.61 Å². The Balaban J connectivity index is 3.01. The molecule has 0 aliphatic rings. The molecule has 0 heterocycles. The van der Waals surface area contributed by atoms with Gasteiger partial charge < -0.3 is 5.11 Å². The molecule has 4 nitrogen and oxygen atoms in total. The zero-order chi connectivity index (χ0) is 7.11. The summed E-state index contributed by atoms with van der Waals surface area (Å²) in [4.78, 5) is 14.1. The molecule has 0 aromatic rings. The van der Waals surface area contributed by atoms with Crippen molar-refractivity contribution in [3.05, 3.63) is 12.2 Å². The van der Waals surface area contributed by atoms with Gasteiger partial charge in [-0.05, 0) is 6.92 Å². The summed E-state index contributed by atoms with van der Waals surface area (Å²) in [5, 5.41) is 7.95. The highest BCUT2D eigenvalue weighted by Crippen LogP contribution is 1.71. The lowest BCUT2D eigenvalue weighted by atomic mass is 10.6. The second-order valence-electron chi connectivity index (χ2n) is 1.29. The van der Waals surface area contributed by atoms with Gasteiger partial charge in [-0.2, -0.15) is 5.48 Å². The maximum Gasteiger partial charge on any atom is 0.428 e. The minimum absolute atomic E-state index is 0.267. The number of hydroxylamine groups is 1. The van der Waals surface area contributed by atoms with Crippen molar-refractivity contribution < 1.29 is 14.7 Å². The fourth-order valence-electron chi connectivity index (χ4n) is 0.248. The van der Waals surface area contributed by atoms with Crippen molar-refractivity contribution in [2.45, 2.75) is 6.92 Å². The second kappa shape index (κ2) is 5.11. The lowest BCUT2D eigenvalue weighted by molar-refractivity contribution is 0.0592. The summed E-state index contributed by atoms with van der Waals surface area (Å²) in [5.74, 6) is 0. The van der Waals surface area contributed by atoms with Crippen LogP contribution in [0.3, 0.4) is 0 Å². The van der Waals surface area contributed by atoms with Gasteiger partial charge in [0, 0.05) is 0 Å². The highest BCUT2D eigenvalue weighted by Gasteiger charge is 1.88. The first kappa shape index (κ1) is 7.97. The summed E-state index contributed by atoms with van der Waals surface area (Å²) in [6.07, 6.45) is 2.28. The van der Waals surface area contributed by atoms with Gasteiger partial charge in [0.25, 0.3) is 0 Å². The van der Waals surface area contributed by atoms with Crippen molar-refractivity contribution in [3.63, 3.8) is 0 Å². The summed E-state index contributed by atoms with van der Waals surface area (Å²) >= 11 is 0. The van der Waals surface area contributed by atoms with E-state index in [2.05, 4.69) is 4.84 Å². The van der Waals surface area contributed by atoms with E-state index in [1.54, 1.807) is 17.6 Å². The summed E-state index contributed by atoms with van der Waals surface area (Å²) in [6, 6.07) is 0. The molecule has 4 heteroatoms. The molecule has 0 atom stereocenters. The van der Waals surface area contributed by atoms with Gasteiger partial charge in [0.15, 0.2) is 0 Å². The number of allylic oxidation sites excluding steroid dienone is 1. The van der Waals surface area contributed by atoms with Gasteiger partial charge >= 0.3 is 6.09 Å². The third-order valence-electron chi connectivity index (χ3n) is 0.575. The Morgan fingerprint density at radius 2 is 2.56 bits per heavy atom. The number of nitrogens with one attached hydrogen (secondary N) is 1. The standard InChI is InChI=1S/C5H9NO3/c1-2-3-4-9-6-5(7)8/h2-3,6H,4H2,1H3,(H,7,8). The number of rotatable bonds is 3. The molecule has 2 N–H and O–H groups in total. The van der Waals surface area contributed by atoms with Crippen molar-refractivity contribution in [3.8, 4) is 0 Å². The summed E-state index contributed by atoms with van der Waals surface area (Å²) in [6.45, 7) is 2.09. The SMILES string of the molecule is CC=CCONC(=O)O. The van der Waals surface area contributed by atoms with Gasteiger partial charge in [0.1, 0.15) is 0 Å². The van der Waals surface area contributed by atoms with Gasteiger partial charge in [-0.15, -0.1) is 0 Å². The Morgan fingerprint density at radius 3 is 3.00 bits per heavy atom. The summed E-state index contributed by atoms with van der Waals surface area (Å²) in [7, 11) is 0. The third kappa shape index (κ3) is 6.97. The van der Waals surface area contributed by atoms with Gasteiger partial charge in [-0.1, -0.05) is 12.2 Å². The molecule has 0 rings (SSSR count). The number of hydrogen-bond donors (Lipinski definition) is 2. The molecule has 0 saturated carbocycles. The molecule has 0 aliphatic carbocycles. The van der Waals surface area contributed by atoms with E-state index in [4.69, 9.17) is 5.11 Å². The molecule has 0 bridgehead atoms. The Hall–Kier alpha value is -1.03. The van der Waals surface area contributed by atoms with Gasteiger partial charge in [-0.25, -0.2) is 4.79 Å². The van der Waals surface area contributed by atoms with Crippen molar-refractivity contribution in [1.82, 2.24) is 5.48 Å². The van der Waals surface area contributed by atoms with E-state index in [0.717, 1.165) is 0 Å². The van der Waals surface area contributed by atoms with Crippen LogP contribution in [-0.2, 0) is 4.84 Å². The maximum absolute atomic E-state index is 9.70. The van der Waals surface area contributed by atoms with Crippen LogP contribution < -0.4 is 5.48 Å². The predicted molar refractivity (Wildman–Crippen MR) is 31.9 cm³/mol. The van der Waals surface area contributed by atoms with Crippen LogP contribution in [0.5, 0.6) is 0 Å². The van der Waals surface area contributed by atoms with E-state index in [0.29, 0.717) is 0 Å². The van der Waals surface area contributed by atoms with E-state index in [9.17, 15) is 4.79 Å². The topological polar surface area (TPSA) is 58.6 Å². The van der Waals surface area contributed by atoms with Crippen LogP contribution in [0.1, 0.15) is 6.92 Å². The van der Waals surface area contributed by atoms with Crippen LogP contribution in [0.4, 0.5) is 4.79 Å². The number of hydrogen-bond acceptors (Lipinski definition) is 2. The molecule has 0 aromatic carbocycles. The average molecular weight is 131 g/mol. The molecule has 0 fully saturated rings. The monoisotopic (exact) mass is 131 g/mol. The van der Waals surface area contributed by atoms with Gasteiger partial charge in [0.2, 0.25) is 0 Å². The average Bonchev–Trinajstić information content (AvgIpc) is 1.80. The van der Waals surface area contributed by atoms with Crippen molar-refractivity contribution in [1.29, 1.82) is 0 Å². The first-order valence-electron chi connectivity index (χ1n) is 2.49. The van der Waals surface area contributed by atoms with Crippen molar-refractivity contribution >= 4 is 6.09 Å². The largest absolute Gasteiger partial charge is 0.464 e. The van der Waals surface area contributed by atoms with Crippen LogP contribution in [0.2, 0.25) is 0 Å². The Kier molecular flexibility index (Phi) is 4.53. The molecule has 52 valence electrons. The Labute approximate surface area is 53.1 Å². The van der Waals surface area contributed by atoms with Crippen molar-refractivity contribution in [2.24, 2.45) is 0 Å². The maximum atomic E-state index is 9.70. The number of carboxylic acid groups (broad SMARTS) is 1. The van der Waals surface area contributed by atoms with Gasteiger partial charge in [0.05, 0.1) is 6.61 Å². The highest BCUT2D eigenvalue weighted by atomic mass is 16.7. The predicted octanol–water partition coefficient (Wildman–Crippen LogP) is 0.762. The smallest absolute Gasteiger partial charge is 0.428 e. The number of carbonyl (C=O) groups is 1. The molecule has 0 spiro atoms. The van der Waals surface area contributed by atoms with Crippen LogP contribution in [-0.4, -0.2) is 17.8 Å². The third-order valence-corrected chi connectivity index (χ3v) is 0.575. The molecule has 0 radical (unpaired) electrons. The Morgan fingerprint density at radius 1 is 1.89 bits per heavy atom. The lowest BCUT2D eigenvalue weighted by Crippen LogP contribution is -2.20. The molecule has 9 heavy (non-hydrogen) atoms. The van der Waals surface area contributed by atoms with Crippen molar-refractivity contribution in [2.75, 3.05) is 6.61 Å². The van der Waals surface area contributed by atoms with Gasteiger partial charge in [-0.3, -0.25) is 4.84 Å². The first-order valence-corrected chi connectivity index (χ1v) is 2.49. The second-order valence-corrected chi connectivity index (χ2v) is 1.29. The van der Waals surface area contributed by atoms with Crippen LogP contribution in [0.15, 0.2) is 12.2 Å². The van der Waals surface area contributed by atoms with E-state index in [1.807, 2.05) is 6.92 Å². The molecule has 0 aliphatic heterocycles. The molecule has 0 aromatic heterocycles. The fourth-order valence-corrected chi connectivity index (χ4v) is 0.248. The minimum Gasteiger partial charge on any atom is -0.464 e. The molecule has 0 unspecified atom stereocenters. The quantitative estimate of drug-likeness (QED) is 0.337. The molecule has 1 amide bonds. The molecule has 0 saturated heterocycles. The number of amides is 1.